The minimum Gasteiger partial charge on any atom is -0.491 e. The lowest BCUT2D eigenvalue weighted by Gasteiger charge is -2.38. The van der Waals surface area contributed by atoms with E-state index in [0.29, 0.717) is 42.8 Å². The summed E-state index contributed by atoms with van der Waals surface area (Å²) < 4.78 is 67.2. The van der Waals surface area contributed by atoms with Crippen LogP contribution < -0.4 is 20.5 Å². The van der Waals surface area contributed by atoms with E-state index in [9.17, 15) is 26.7 Å². The first-order chi connectivity index (χ1) is 19.4. The lowest BCUT2D eigenvalue weighted by molar-refractivity contribution is -0.0312. The van der Waals surface area contributed by atoms with Gasteiger partial charge in [-0.15, -0.1) is 0 Å². The topological polar surface area (TPSA) is 185 Å². The van der Waals surface area contributed by atoms with E-state index in [2.05, 4.69) is 20.0 Å². The molecule has 4 N–H and O–H groups in total. The smallest absolute Gasteiger partial charge is 0.327 e. The Hall–Kier alpha value is -2.86. The highest BCUT2D eigenvalue weighted by Crippen LogP contribution is 2.37. The maximum Gasteiger partial charge on any atom is 0.327 e. The monoisotopic (exact) mass is 610 g/mol. The first kappa shape index (κ1) is 29.6. The molecule has 2 aliphatic rings. The van der Waals surface area contributed by atoms with Crippen molar-refractivity contribution in [2.75, 3.05) is 39.9 Å². The fraction of sp³-hybridized carbons (Fsp3) is 0.520. The number of aliphatic hydroxyl groups excluding tert-OH is 1. The van der Waals surface area contributed by atoms with Crippen LogP contribution in [-0.2, 0) is 31.8 Å². The molecule has 3 aromatic rings. The van der Waals surface area contributed by atoms with Gasteiger partial charge in [0.05, 0.1) is 22.6 Å². The normalized spacial score (nSPS) is 20.5. The van der Waals surface area contributed by atoms with Crippen LogP contribution in [0.1, 0.15) is 19.3 Å². The van der Waals surface area contributed by atoms with Crippen molar-refractivity contribution in [1.82, 2.24) is 28.9 Å². The lowest BCUT2D eigenvalue weighted by Crippen LogP contribution is -2.47. The molecule has 0 radical (unpaired) electrons. The lowest BCUT2D eigenvalue weighted by atomic mass is 9.88. The van der Waals surface area contributed by atoms with Gasteiger partial charge in [-0.2, -0.15) is 4.31 Å². The molecule has 14 nitrogen and oxygen atoms in total. The summed E-state index contributed by atoms with van der Waals surface area (Å²) in [5, 5.41) is 13.7. The number of piperidine rings is 1. The number of fused-ring (bicyclic) bond motifs is 1. The standard InChI is InChI=1S/C25H34N6O8S2/c1-26-40(34,35)20-5-3-4-19(10-20)38-16-18(32)13-27-17-12-25(39-15-17)6-8-31(9-7-25)41(36,37)21-11-22-23(28-14-21)30(2)24(33)29-22/h3-5,10-11,14,17-18,26-27,32H,6-9,12-13,15-16H2,1-2H3,(H,29,33). The molecule has 1 spiro atoms. The first-order valence-corrected chi connectivity index (χ1v) is 16.1. The number of hydrogen-bond acceptors (Lipinski definition) is 10. The van der Waals surface area contributed by atoms with Crippen molar-refractivity contribution in [3.05, 3.63) is 47.0 Å². The van der Waals surface area contributed by atoms with E-state index in [4.69, 9.17) is 9.47 Å². The average Bonchev–Trinajstić information content (AvgIpc) is 3.49. The molecule has 41 heavy (non-hydrogen) atoms. The summed E-state index contributed by atoms with van der Waals surface area (Å²) in [6.45, 7) is 1.23. The second-order valence-electron chi connectivity index (χ2n) is 10.4. The maximum atomic E-state index is 13.3. The summed E-state index contributed by atoms with van der Waals surface area (Å²) in [6.07, 6.45) is 2.17. The van der Waals surface area contributed by atoms with Crippen molar-refractivity contribution < 1.29 is 31.4 Å². The van der Waals surface area contributed by atoms with Gasteiger partial charge in [0.15, 0.2) is 5.65 Å². The van der Waals surface area contributed by atoms with Gasteiger partial charge in [-0.3, -0.25) is 4.57 Å². The second kappa shape index (κ2) is 11.4. The number of pyridine rings is 1. The molecule has 5 rings (SSSR count). The van der Waals surface area contributed by atoms with Crippen LogP contribution in [-0.4, -0.2) is 98.4 Å². The second-order valence-corrected chi connectivity index (χ2v) is 14.2. The van der Waals surface area contributed by atoms with Gasteiger partial charge in [0.25, 0.3) is 0 Å². The molecule has 0 saturated carbocycles. The Kier molecular flexibility index (Phi) is 8.26. The van der Waals surface area contributed by atoms with Gasteiger partial charge in [-0.05, 0) is 44.5 Å². The van der Waals surface area contributed by atoms with Crippen LogP contribution in [0.2, 0.25) is 0 Å². The molecule has 224 valence electrons. The van der Waals surface area contributed by atoms with Gasteiger partial charge in [0.2, 0.25) is 20.0 Å². The Morgan fingerprint density at radius 1 is 1.22 bits per heavy atom. The largest absolute Gasteiger partial charge is 0.491 e. The van der Waals surface area contributed by atoms with Crippen molar-refractivity contribution in [3.8, 4) is 5.75 Å². The molecule has 0 bridgehead atoms. The number of imidazole rings is 1. The van der Waals surface area contributed by atoms with Gasteiger partial charge in [0.1, 0.15) is 23.4 Å². The number of rotatable bonds is 10. The van der Waals surface area contributed by atoms with Gasteiger partial charge >= 0.3 is 5.69 Å². The molecule has 16 heteroatoms. The van der Waals surface area contributed by atoms with Crippen molar-refractivity contribution in [2.24, 2.45) is 7.05 Å². The first-order valence-electron chi connectivity index (χ1n) is 13.2. The van der Waals surface area contributed by atoms with Crippen LogP contribution in [0.4, 0.5) is 0 Å². The van der Waals surface area contributed by atoms with Crippen molar-refractivity contribution in [2.45, 2.75) is 46.8 Å². The number of sulfonamides is 2. The van der Waals surface area contributed by atoms with Gasteiger partial charge in [-0.1, -0.05) is 6.07 Å². The fourth-order valence-electron chi connectivity index (χ4n) is 5.24. The molecular formula is C25H34N6O8S2. The van der Waals surface area contributed by atoms with Crippen LogP contribution in [0.3, 0.4) is 0 Å². The zero-order valence-electron chi connectivity index (χ0n) is 22.7. The zero-order valence-corrected chi connectivity index (χ0v) is 24.4. The van der Waals surface area contributed by atoms with E-state index < -0.39 is 31.8 Å². The number of hydrogen-bond donors (Lipinski definition) is 4. The highest BCUT2D eigenvalue weighted by Gasteiger charge is 2.44. The van der Waals surface area contributed by atoms with Gasteiger partial charge in [0, 0.05) is 45.0 Å². The quantitative estimate of drug-likeness (QED) is 0.234. The number of ether oxygens (including phenoxy) is 2. The van der Waals surface area contributed by atoms with E-state index in [1.165, 1.54) is 40.3 Å². The average molecular weight is 611 g/mol. The molecule has 2 saturated heterocycles. The van der Waals surface area contributed by atoms with Crippen LogP contribution in [0.5, 0.6) is 5.75 Å². The predicted molar refractivity (Wildman–Crippen MR) is 149 cm³/mol. The van der Waals surface area contributed by atoms with E-state index in [0.717, 1.165) is 0 Å². The summed E-state index contributed by atoms with van der Waals surface area (Å²) in [6, 6.07) is 7.45. The molecule has 2 aliphatic heterocycles. The zero-order chi connectivity index (χ0) is 29.4. The fourth-order valence-corrected chi connectivity index (χ4v) is 7.42. The van der Waals surface area contributed by atoms with Crippen LogP contribution in [0.15, 0.2) is 51.1 Å². The Labute approximate surface area is 237 Å². The molecule has 1 aromatic carbocycles. The SMILES string of the molecule is CNS(=O)(=O)c1cccc(OCC(O)CNC2COC3(CCN(S(=O)(=O)c4cnc5c(c4)[nH]c(=O)n5C)CC3)C2)c1. The molecule has 2 unspecified atom stereocenters. The summed E-state index contributed by atoms with van der Waals surface area (Å²) in [5.41, 5.74) is -0.0635. The van der Waals surface area contributed by atoms with Crippen molar-refractivity contribution >= 4 is 31.2 Å². The number of aromatic nitrogens is 3. The number of aliphatic hydroxyl groups is 1. The number of nitrogens with zero attached hydrogens (tertiary/aromatic N) is 3. The van der Waals surface area contributed by atoms with Crippen molar-refractivity contribution in [1.29, 1.82) is 0 Å². The third-order valence-corrected chi connectivity index (χ3v) is 10.9. The number of aryl methyl sites for hydroxylation is 1. The molecule has 0 amide bonds. The number of nitrogens with one attached hydrogen (secondary N) is 3. The molecule has 0 aliphatic carbocycles. The Balaban J connectivity index is 1.10. The molecule has 2 fully saturated rings. The maximum absolute atomic E-state index is 13.3. The highest BCUT2D eigenvalue weighted by atomic mass is 32.2. The summed E-state index contributed by atoms with van der Waals surface area (Å²) in [7, 11) is -4.50. The minimum atomic E-state index is -3.80. The Morgan fingerprint density at radius 2 is 1.98 bits per heavy atom. The third kappa shape index (κ3) is 6.18. The third-order valence-electron chi connectivity index (χ3n) is 7.66. The molecule has 2 aromatic heterocycles. The van der Waals surface area contributed by atoms with Crippen LogP contribution in [0, 0.1) is 0 Å². The van der Waals surface area contributed by atoms with Crippen molar-refractivity contribution in [3.63, 3.8) is 0 Å². The highest BCUT2D eigenvalue weighted by molar-refractivity contribution is 7.89. The van der Waals surface area contributed by atoms with Gasteiger partial charge < -0.3 is 24.9 Å². The molecule has 2 atom stereocenters. The van der Waals surface area contributed by atoms with Gasteiger partial charge in [-0.25, -0.2) is 31.3 Å². The number of benzene rings is 1. The summed E-state index contributed by atoms with van der Waals surface area (Å²) >= 11 is 0. The molecule has 4 heterocycles. The van der Waals surface area contributed by atoms with E-state index in [1.54, 1.807) is 19.2 Å². The predicted octanol–water partition coefficient (Wildman–Crippen LogP) is -0.489. The summed E-state index contributed by atoms with van der Waals surface area (Å²) in [4.78, 5) is 18.7. The Bertz CT molecular complexity index is 1680. The Morgan fingerprint density at radius 3 is 2.71 bits per heavy atom. The van der Waals surface area contributed by atoms with Crippen LogP contribution >= 0.6 is 0 Å². The summed E-state index contributed by atoms with van der Waals surface area (Å²) in [5.74, 6) is 0.331. The minimum absolute atomic E-state index is 0.0154. The van der Waals surface area contributed by atoms with Crippen LogP contribution in [0.25, 0.3) is 11.2 Å². The number of H-pyrrole nitrogens is 1. The van der Waals surface area contributed by atoms with E-state index in [-0.39, 0.29) is 47.8 Å². The van der Waals surface area contributed by atoms with E-state index >= 15 is 0 Å². The number of aromatic amines is 1. The molecular weight excluding hydrogens is 576 g/mol. The van der Waals surface area contributed by atoms with E-state index in [1.807, 2.05) is 0 Å².